The highest BCUT2D eigenvalue weighted by Crippen LogP contribution is 2.37. The lowest BCUT2D eigenvalue weighted by Gasteiger charge is -2.26. The molecule has 1 aliphatic carbocycles. The third kappa shape index (κ3) is 4.12. The van der Waals surface area contributed by atoms with Crippen molar-refractivity contribution in [2.75, 3.05) is 20.3 Å². The molecule has 1 atom stereocenters. The van der Waals surface area contributed by atoms with Crippen LogP contribution in [0.5, 0.6) is 0 Å². The monoisotopic (exact) mass is 279 g/mol. The number of carbonyl (C=O) groups is 2. The van der Waals surface area contributed by atoms with Gasteiger partial charge in [-0.2, -0.15) is 0 Å². The number of ether oxygens (including phenoxy) is 1. The summed E-state index contributed by atoms with van der Waals surface area (Å²) >= 11 is 0. The molecule has 0 aromatic carbocycles. The van der Waals surface area contributed by atoms with Crippen LogP contribution in [-0.2, 0) is 14.3 Å². The zero-order chi connectivity index (χ0) is 12.9. The fourth-order valence-corrected chi connectivity index (χ4v) is 2.20. The molecular weight excluding hydrogens is 258 g/mol. The van der Waals surface area contributed by atoms with E-state index in [2.05, 4.69) is 5.32 Å². The highest BCUT2D eigenvalue weighted by atomic mass is 35.5. The number of amides is 2. The Kier molecular flexibility index (Phi) is 7.20. The summed E-state index contributed by atoms with van der Waals surface area (Å²) in [7, 11) is 1.48. The molecule has 0 spiro atoms. The molecule has 0 bridgehead atoms. The molecule has 5 N–H and O–H groups in total. The molecule has 2 amide bonds. The summed E-state index contributed by atoms with van der Waals surface area (Å²) in [5.41, 5.74) is 10.4. The van der Waals surface area contributed by atoms with Gasteiger partial charge in [0.2, 0.25) is 11.8 Å². The molecule has 0 aromatic heterocycles. The van der Waals surface area contributed by atoms with Crippen LogP contribution in [-0.4, -0.2) is 38.1 Å². The van der Waals surface area contributed by atoms with Crippen LogP contribution in [0.4, 0.5) is 0 Å². The molecule has 0 radical (unpaired) electrons. The number of methoxy groups -OCH3 is 1. The fourth-order valence-electron chi connectivity index (χ4n) is 2.20. The summed E-state index contributed by atoms with van der Waals surface area (Å²) in [6.45, 7) is 0.438. The molecule has 18 heavy (non-hydrogen) atoms. The Morgan fingerprint density at radius 2 is 1.94 bits per heavy atom. The molecule has 0 heterocycles. The standard InChI is InChI=1S/C11H21N3O3.ClH/c1-17-6-8(12)9(15)14-7-11(10(13)16)4-2-3-5-11;/h8H,2-7,12H2,1H3,(H2,13,16)(H,14,15);1H. The van der Waals surface area contributed by atoms with E-state index < -0.39 is 11.5 Å². The predicted octanol–water partition coefficient (Wildman–Crippen LogP) is -0.456. The smallest absolute Gasteiger partial charge is 0.239 e. The van der Waals surface area contributed by atoms with Gasteiger partial charge in [-0.3, -0.25) is 9.59 Å². The van der Waals surface area contributed by atoms with Gasteiger partial charge in [0.15, 0.2) is 0 Å². The molecule has 1 unspecified atom stereocenters. The maximum atomic E-state index is 11.6. The number of primary amides is 1. The van der Waals surface area contributed by atoms with E-state index in [-0.39, 0.29) is 37.4 Å². The van der Waals surface area contributed by atoms with Crippen molar-refractivity contribution < 1.29 is 14.3 Å². The Labute approximate surface area is 113 Å². The van der Waals surface area contributed by atoms with Gasteiger partial charge in [0.05, 0.1) is 12.0 Å². The fraction of sp³-hybridized carbons (Fsp3) is 0.818. The SMILES string of the molecule is COCC(N)C(=O)NCC1(C(N)=O)CCCC1.Cl. The first-order valence-corrected chi connectivity index (χ1v) is 5.84. The molecule has 1 aliphatic rings. The van der Waals surface area contributed by atoms with E-state index in [1.54, 1.807) is 0 Å². The average molecular weight is 280 g/mol. The second kappa shape index (κ2) is 7.56. The van der Waals surface area contributed by atoms with Crippen molar-refractivity contribution in [3.8, 4) is 0 Å². The Hall–Kier alpha value is -0.850. The third-order valence-corrected chi connectivity index (χ3v) is 3.37. The zero-order valence-corrected chi connectivity index (χ0v) is 11.4. The minimum absolute atomic E-state index is 0. The van der Waals surface area contributed by atoms with Gasteiger partial charge in [-0.1, -0.05) is 12.8 Å². The van der Waals surface area contributed by atoms with E-state index in [1.165, 1.54) is 7.11 Å². The molecule has 1 fully saturated rings. The van der Waals surface area contributed by atoms with Crippen molar-refractivity contribution in [1.82, 2.24) is 5.32 Å². The van der Waals surface area contributed by atoms with Crippen LogP contribution in [0.2, 0.25) is 0 Å². The topological polar surface area (TPSA) is 107 Å². The summed E-state index contributed by atoms with van der Waals surface area (Å²) in [6.07, 6.45) is 3.43. The lowest BCUT2D eigenvalue weighted by molar-refractivity contribution is -0.129. The number of hydrogen-bond acceptors (Lipinski definition) is 4. The Balaban J connectivity index is 0.00000289. The number of nitrogens with two attached hydrogens (primary N) is 2. The summed E-state index contributed by atoms with van der Waals surface area (Å²) in [6, 6.07) is -0.702. The molecule has 1 rings (SSSR count). The van der Waals surface area contributed by atoms with E-state index in [0.29, 0.717) is 0 Å². The van der Waals surface area contributed by atoms with Crippen LogP contribution in [0.3, 0.4) is 0 Å². The van der Waals surface area contributed by atoms with E-state index in [9.17, 15) is 9.59 Å². The predicted molar refractivity (Wildman–Crippen MR) is 70.2 cm³/mol. The summed E-state index contributed by atoms with van der Waals surface area (Å²) < 4.78 is 4.79. The Bertz CT molecular complexity index is 293. The van der Waals surface area contributed by atoms with E-state index in [4.69, 9.17) is 16.2 Å². The van der Waals surface area contributed by atoms with Crippen LogP contribution in [0.15, 0.2) is 0 Å². The average Bonchev–Trinajstić information content (AvgIpc) is 2.76. The molecule has 7 heteroatoms. The third-order valence-electron chi connectivity index (χ3n) is 3.37. The molecular formula is C11H22ClN3O3. The van der Waals surface area contributed by atoms with Crippen LogP contribution in [0, 0.1) is 5.41 Å². The van der Waals surface area contributed by atoms with Crippen molar-refractivity contribution in [2.45, 2.75) is 31.7 Å². The molecule has 6 nitrogen and oxygen atoms in total. The molecule has 106 valence electrons. The maximum absolute atomic E-state index is 11.6. The molecule has 0 aromatic rings. The van der Waals surface area contributed by atoms with Gasteiger partial charge in [-0.25, -0.2) is 0 Å². The molecule has 1 saturated carbocycles. The van der Waals surface area contributed by atoms with Crippen LogP contribution in [0.1, 0.15) is 25.7 Å². The second-order valence-corrected chi connectivity index (χ2v) is 4.63. The van der Waals surface area contributed by atoms with Gasteiger partial charge in [-0.05, 0) is 12.8 Å². The van der Waals surface area contributed by atoms with Gasteiger partial charge in [-0.15, -0.1) is 12.4 Å². The first-order valence-electron chi connectivity index (χ1n) is 5.84. The first-order chi connectivity index (χ1) is 8.02. The van der Waals surface area contributed by atoms with Crippen molar-refractivity contribution in [3.63, 3.8) is 0 Å². The first kappa shape index (κ1) is 17.2. The van der Waals surface area contributed by atoms with Gasteiger partial charge >= 0.3 is 0 Å². The quantitative estimate of drug-likeness (QED) is 0.612. The van der Waals surface area contributed by atoms with Crippen molar-refractivity contribution in [1.29, 1.82) is 0 Å². The zero-order valence-electron chi connectivity index (χ0n) is 10.6. The Morgan fingerprint density at radius 1 is 1.39 bits per heavy atom. The summed E-state index contributed by atoms with van der Waals surface area (Å²) in [5, 5.41) is 2.69. The normalized spacial score (nSPS) is 18.8. The van der Waals surface area contributed by atoms with Gasteiger partial charge in [0.25, 0.3) is 0 Å². The number of nitrogens with one attached hydrogen (secondary N) is 1. The number of rotatable bonds is 6. The lowest BCUT2D eigenvalue weighted by atomic mass is 9.85. The number of hydrogen-bond donors (Lipinski definition) is 3. The van der Waals surface area contributed by atoms with Gasteiger partial charge < -0.3 is 21.5 Å². The highest BCUT2D eigenvalue weighted by Gasteiger charge is 2.39. The molecule has 0 saturated heterocycles. The van der Waals surface area contributed by atoms with Crippen LogP contribution < -0.4 is 16.8 Å². The number of carbonyl (C=O) groups excluding carboxylic acids is 2. The van der Waals surface area contributed by atoms with Crippen molar-refractivity contribution >= 4 is 24.2 Å². The largest absolute Gasteiger partial charge is 0.383 e. The highest BCUT2D eigenvalue weighted by molar-refractivity contribution is 5.85. The van der Waals surface area contributed by atoms with E-state index >= 15 is 0 Å². The van der Waals surface area contributed by atoms with Crippen molar-refractivity contribution in [3.05, 3.63) is 0 Å². The summed E-state index contributed by atoms with van der Waals surface area (Å²) in [4.78, 5) is 23.0. The van der Waals surface area contributed by atoms with Crippen molar-refractivity contribution in [2.24, 2.45) is 16.9 Å². The lowest BCUT2D eigenvalue weighted by Crippen LogP contribution is -2.50. The number of halogens is 1. The van der Waals surface area contributed by atoms with Crippen LogP contribution in [0.25, 0.3) is 0 Å². The maximum Gasteiger partial charge on any atom is 0.239 e. The van der Waals surface area contributed by atoms with Crippen LogP contribution >= 0.6 is 12.4 Å². The second-order valence-electron chi connectivity index (χ2n) is 4.63. The van der Waals surface area contributed by atoms with E-state index in [1.807, 2.05) is 0 Å². The van der Waals surface area contributed by atoms with E-state index in [0.717, 1.165) is 25.7 Å². The Morgan fingerprint density at radius 3 is 2.39 bits per heavy atom. The summed E-state index contributed by atoms with van der Waals surface area (Å²) in [5.74, 6) is -0.644. The van der Waals surface area contributed by atoms with Gasteiger partial charge in [0, 0.05) is 13.7 Å². The molecule has 0 aliphatic heterocycles. The minimum atomic E-state index is -0.702. The van der Waals surface area contributed by atoms with Gasteiger partial charge in [0.1, 0.15) is 6.04 Å². The minimum Gasteiger partial charge on any atom is -0.383 e.